The molecule has 0 aromatic heterocycles. The third-order valence-corrected chi connectivity index (χ3v) is 2.16. The van der Waals surface area contributed by atoms with Crippen LogP contribution in [0.3, 0.4) is 0 Å². The summed E-state index contributed by atoms with van der Waals surface area (Å²) in [4.78, 5) is 4.02. The van der Waals surface area contributed by atoms with Crippen molar-refractivity contribution in [1.29, 1.82) is 0 Å². The first-order chi connectivity index (χ1) is 5.12. The molecule has 0 aromatic carbocycles. The summed E-state index contributed by atoms with van der Waals surface area (Å²) in [5.41, 5.74) is 4.83. The van der Waals surface area contributed by atoms with Crippen LogP contribution >= 0.6 is 0 Å². The van der Waals surface area contributed by atoms with Gasteiger partial charge in [0.05, 0.1) is 18.0 Å². The number of amidine groups is 1. The van der Waals surface area contributed by atoms with Crippen molar-refractivity contribution in [1.82, 2.24) is 0 Å². The lowest BCUT2D eigenvalue weighted by Crippen LogP contribution is -2.29. The average Bonchev–Trinajstić information content (AvgIpc) is 2.33. The fourth-order valence-corrected chi connectivity index (χ4v) is 1.46. The maximum atomic E-state index is 9.78. The van der Waals surface area contributed by atoms with E-state index < -0.39 is 5.60 Å². The number of aliphatic hydroxyl groups is 1. The van der Waals surface area contributed by atoms with Gasteiger partial charge in [-0.05, 0) is 19.8 Å². The quantitative estimate of drug-likeness (QED) is 0.456. The zero-order valence-corrected chi connectivity index (χ0v) is 7.01. The second-order valence-electron chi connectivity index (χ2n) is 3.39. The van der Waals surface area contributed by atoms with Crippen LogP contribution in [0.2, 0.25) is 0 Å². The zero-order valence-electron chi connectivity index (χ0n) is 7.01. The van der Waals surface area contributed by atoms with Crippen molar-refractivity contribution in [2.45, 2.75) is 38.2 Å². The molecule has 0 aliphatic heterocycles. The van der Waals surface area contributed by atoms with E-state index >= 15 is 0 Å². The summed E-state index contributed by atoms with van der Waals surface area (Å²) in [7, 11) is 0. The largest absolute Gasteiger partial charge is 0.388 e. The Kier molecular flexibility index (Phi) is 2.49. The molecular weight excluding hydrogens is 140 g/mol. The SMILES string of the molecule is CC(N)=NCC1(O)CCCC1. The maximum Gasteiger partial charge on any atom is 0.0906 e. The number of nitrogens with two attached hydrogens (primary N) is 1. The summed E-state index contributed by atoms with van der Waals surface area (Å²) in [6.07, 6.45) is 4.00. The van der Waals surface area contributed by atoms with E-state index in [0.29, 0.717) is 12.4 Å². The predicted octanol–water partition coefficient (Wildman–Crippen LogP) is 0.669. The molecule has 1 rings (SSSR count). The number of hydrogen-bond donors (Lipinski definition) is 2. The molecule has 3 N–H and O–H groups in total. The van der Waals surface area contributed by atoms with Crippen molar-refractivity contribution < 1.29 is 5.11 Å². The lowest BCUT2D eigenvalue weighted by molar-refractivity contribution is 0.0575. The smallest absolute Gasteiger partial charge is 0.0906 e. The third-order valence-electron chi connectivity index (χ3n) is 2.16. The van der Waals surface area contributed by atoms with Crippen LogP contribution in [-0.2, 0) is 0 Å². The molecule has 0 heterocycles. The second-order valence-corrected chi connectivity index (χ2v) is 3.39. The van der Waals surface area contributed by atoms with Gasteiger partial charge in [0.1, 0.15) is 0 Å². The minimum atomic E-state index is -0.541. The van der Waals surface area contributed by atoms with Crippen LogP contribution < -0.4 is 5.73 Å². The summed E-state index contributed by atoms with van der Waals surface area (Å²) < 4.78 is 0. The molecule has 0 saturated heterocycles. The van der Waals surface area contributed by atoms with Crippen LogP contribution in [0.4, 0.5) is 0 Å². The fraction of sp³-hybridized carbons (Fsp3) is 0.875. The molecule has 0 spiro atoms. The van der Waals surface area contributed by atoms with Crippen LogP contribution in [0.1, 0.15) is 32.6 Å². The van der Waals surface area contributed by atoms with Crippen LogP contribution in [-0.4, -0.2) is 23.1 Å². The maximum absolute atomic E-state index is 9.78. The molecule has 0 radical (unpaired) electrons. The van der Waals surface area contributed by atoms with Gasteiger partial charge in [0, 0.05) is 0 Å². The van der Waals surface area contributed by atoms with Crippen molar-refractivity contribution >= 4 is 5.84 Å². The van der Waals surface area contributed by atoms with E-state index in [9.17, 15) is 5.11 Å². The van der Waals surface area contributed by atoms with Gasteiger partial charge in [0.25, 0.3) is 0 Å². The highest BCUT2D eigenvalue weighted by Gasteiger charge is 2.30. The Morgan fingerprint density at radius 3 is 2.55 bits per heavy atom. The lowest BCUT2D eigenvalue weighted by Gasteiger charge is -2.18. The molecule has 1 fully saturated rings. The van der Waals surface area contributed by atoms with Crippen molar-refractivity contribution in [3.63, 3.8) is 0 Å². The van der Waals surface area contributed by atoms with Crippen LogP contribution in [0.15, 0.2) is 4.99 Å². The molecule has 0 aromatic rings. The fourth-order valence-electron chi connectivity index (χ4n) is 1.46. The van der Waals surface area contributed by atoms with Crippen LogP contribution in [0, 0.1) is 0 Å². The Labute approximate surface area is 67.3 Å². The van der Waals surface area contributed by atoms with E-state index in [-0.39, 0.29) is 0 Å². The van der Waals surface area contributed by atoms with Crippen molar-refractivity contribution in [3.8, 4) is 0 Å². The van der Waals surface area contributed by atoms with E-state index in [1.807, 2.05) is 0 Å². The van der Waals surface area contributed by atoms with E-state index in [0.717, 1.165) is 25.7 Å². The molecule has 0 atom stereocenters. The number of hydrogen-bond acceptors (Lipinski definition) is 2. The molecule has 0 amide bonds. The average molecular weight is 156 g/mol. The summed E-state index contributed by atoms with van der Waals surface area (Å²) in [6, 6.07) is 0. The number of nitrogens with zero attached hydrogens (tertiary/aromatic N) is 1. The van der Waals surface area contributed by atoms with Gasteiger partial charge in [-0.15, -0.1) is 0 Å². The van der Waals surface area contributed by atoms with Gasteiger partial charge in [-0.25, -0.2) is 0 Å². The first-order valence-electron chi connectivity index (χ1n) is 4.11. The molecule has 1 saturated carbocycles. The van der Waals surface area contributed by atoms with Gasteiger partial charge in [-0.3, -0.25) is 4.99 Å². The Bertz CT molecular complexity index is 155. The lowest BCUT2D eigenvalue weighted by atomic mass is 10.0. The molecule has 3 nitrogen and oxygen atoms in total. The standard InChI is InChI=1S/C8H16N2O/c1-7(9)10-6-8(11)4-2-3-5-8/h11H,2-6H2,1H3,(H2,9,10). The van der Waals surface area contributed by atoms with Crippen LogP contribution in [0.5, 0.6) is 0 Å². The molecule has 3 heteroatoms. The minimum Gasteiger partial charge on any atom is -0.388 e. The molecular formula is C8H16N2O. The van der Waals surface area contributed by atoms with Gasteiger partial charge in [-0.1, -0.05) is 12.8 Å². The van der Waals surface area contributed by atoms with Gasteiger partial charge < -0.3 is 10.8 Å². The molecule has 0 bridgehead atoms. The summed E-state index contributed by atoms with van der Waals surface area (Å²) in [5.74, 6) is 0.560. The van der Waals surface area contributed by atoms with Crippen molar-refractivity contribution in [2.75, 3.05) is 6.54 Å². The van der Waals surface area contributed by atoms with Gasteiger partial charge in [0.15, 0.2) is 0 Å². The normalized spacial score (nSPS) is 24.0. The highest BCUT2D eigenvalue weighted by atomic mass is 16.3. The Morgan fingerprint density at radius 2 is 2.09 bits per heavy atom. The summed E-state index contributed by atoms with van der Waals surface area (Å²) in [5, 5.41) is 9.78. The van der Waals surface area contributed by atoms with Crippen LogP contribution in [0.25, 0.3) is 0 Å². The van der Waals surface area contributed by atoms with Crippen molar-refractivity contribution in [3.05, 3.63) is 0 Å². The molecule has 64 valence electrons. The van der Waals surface area contributed by atoms with E-state index in [4.69, 9.17) is 5.73 Å². The molecule has 0 unspecified atom stereocenters. The zero-order chi connectivity index (χ0) is 8.32. The number of aliphatic imine (C=N–C) groups is 1. The minimum absolute atomic E-state index is 0.481. The number of rotatable bonds is 2. The first kappa shape index (κ1) is 8.53. The molecule has 1 aliphatic carbocycles. The summed E-state index contributed by atoms with van der Waals surface area (Å²) >= 11 is 0. The highest BCUT2D eigenvalue weighted by molar-refractivity contribution is 5.77. The topological polar surface area (TPSA) is 58.6 Å². The first-order valence-corrected chi connectivity index (χ1v) is 4.11. The van der Waals surface area contributed by atoms with E-state index in [2.05, 4.69) is 4.99 Å². The summed E-state index contributed by atoms with van der Waals surface area (Å²) in [6.45, 7) is 2.23. The van der Waals surface area contributed by atoms with Gasteiger partial charge >= 0.3 is 0 Å². The molecule has 11 heavy (non-hydrogen) atoms. The van der Waals surface area contributed by atoms with Gasteiger partial charge in [-0.2, -0.15) is 0 Å². The third kappa shape index (κ3) is 2.50. The highest BCUT2D eigenvalue weighted by Crippen LogP contribution is 2.29. The van der Waals surface area contributed by atoms with E-state index in [1.54, 1.807) is 6.92 Å². The molecule has 1 aliphatic rings. The monoisotopic (exact) mass is 156 g/mol. The van der Waals surface area contributed by atoms with E-state index in [1.165, 1.54) is 0 Å². The van der Waals surface area contributed by atoms with Gasteiger partial charge in [0.2, 0.25) is 0 Å². The van der Waals surface area contributed by atoms with Crippen molar-refractivity contribution in [2.24, 2.45) is 10.7 Å². The Hall–Kier alpha value is -0.570. The second kappa shape index (κ2) is 3.22. The Morgan fingerprint density at radius 1 is 1.55 bits per heavy atom. The predicted molar refractivity (Wildman–Crippen MR) is 45.6 cm³/mol. The Balaban J connectivity index is 2.40.